The molecule has 0 radical (unpaired) electrons. The number of nitrogens with zero attached hydrogens (tertiary/aromatic N) is 3. The van der Waals surface area contributed by atoms with Gasteiger partial charge in [0.15, 0.2) is 0 Å². The van der Waals surface area contributed by atoms with Crippen LogP contribution in [-0.4, -0.2) is 14.0 Å². The average molecular weight is 356 g/mol. The molecule has 0 spiro atoms. The molecule has 0 aliphatic heterocycles. The van der Waals surface area contributed by atoms with E-state index in [0.717, 1.165) is 5.52 Å². The normalized spacial score (nSPS) is 11.7. The lowest BCUT2D eigenvalue weighted by Gasteiger charge is -2.16. The van der Waals surface area contributed by atoms with Crippen LogP contribution in [-0.2, 0) is 0 Å². The number of imidazole rings is 1. The standard InChI is InChI=1S/C19H15ClFN3O/c1-11(2)24-17-14(20)7-4-8-15(17)23-10-22-16(18(23)19(24)25)12-5-3-6-13(21)9-12/h3-11H,1-2H3. The molecule has 0 unspecified atom stereocenters. The van der Waals surface area contributed by atoms with Crippen LogP contribution < -0.4 is 5.56 Å². The Bertz CT molecular complexity index is 1180. The summed E-state index contributed by atoms with van der Waals surface area (Å²) in [5.74, 6) is -0.369. The van der Waals surface area contributed by atoms with Crippen LogP contribution in [0, 0.1) is 5.82 Å². The Morgan fingerprint density at radius 3 is 2.60 bits per heavy atom. The monoisotopic (exact) mass is 355 g/mol. The fraction of sp³-hybridized carbons (Fsp3) is 0.158. The van der Waals surface area contributed by atoms with Crippen LogP contribution in [0.25, 0.3) is 27.8 Å². The predicted molar refractivity (Wildman–Crippen MR) is 97.7 cm³/mol. The summed E-state index contributed by atoms with van der Waals surface area (Å²) in [7, 11) is 0. The van der Waals surface area contributed by atoms with E-state index in [4.69, 9.17) is 11.6 Å². The third-order valence-corrected chi connectivity index (χ3v) is 4.57. The number of aromatic nitrogens is 3. The summed E-state index contributed by atoms with van der Waals surface area (Å²) in [6.45, 7) is 3.86. The van der Waals surface area contributed by atoms with Crippen molar-refractivity contribution in [2.24, 2.45) is 0 Å². The second kappa shape index (κ2) is 5.70. The van der Waals surface area contributed by atoms with Gasteiger partial charge in [0.1, 0.15) is 23.4 Å². The first kappa shape index (κ1) is 15.8. The second-order valence-electron chi connectivity index (χ2n) is 6.20. The van der Waals surface area contributed by atoms with Crippen LogP contribution >= 0.6 is 11.6 Å². The van der Waals surface area contributed by atoms with Crippen molar-refractivity contribution in [3.05, 3.63) is 70.0 Å². The molecule has 2 aromatic carbocycles. The maximum Gasteiger partial charge on any atom is 0.277 e. The van der Waals surface area contributed by atoms with Gasteiger partial charge in [-0.05, 0) is 38.1 Å². The summed E-state index contributed by atoms with van der Waals surface area (Å²) >= 11 is 6.38. The zero-order chi connectivity index (χ0) is 17.7. The van der Waals surface area contributed by atoms with Crippen LogP contribution in [0.2, 0.25) is 5.02 Å². The zero-order valence-corrected chi connectivity index (χ0v) is 14.5. The van der Waals surface area contributed by atoms with Crippen molar-refractivity contribution in [1.82, 2.24) is 14.0 Å². The van der Waals surface area contributed by atoms with E-state index < -0.39 is 0 Å². The third kappa shape index (κ3) is 2.35. The number of rotatable bonds is 2. The number of para-hydroxylation sites is 1. The Morgan fingerprint density at radius 2 is 1.88 bits per heavy atom. The Hall–Kier alpha value is -2.66. The summed E-state index contributed by atoms with van der Waals surface area (Å²) < 4.78 is 17.0. The summed E-state index contributed by atoms with van der Waals surface area (Å²) in [5, 5.41) is 0.506. The highest BCUT2D eigenvalue weighted by Crippen LogP contribution is 2.29. The van der Waals surface area contributed by atoms with Gasteiger partial charge in [0.05, 0.1) is 16.1 Å². The van der Waals surface area contributed by atoms with Gasteiger partial charge >= 0.3 is 0 Å². The molecule has 0 saturated carbocycles. The van der Waals surface area contributed by atoms with E-state index in [9.17, 15) is 9.18 Å². The van der Waals surface area contributed by atoms with E-state index in [1.54, 1.807) is 33.5 Å². The van der Waals surface area contributed by atoms with Gasteiger partial charge in [-0.25, -0.2) is 9.37 Å². The summed E-state index contributed by atoms with van der Waals surface area (Å²) in [6, 6.07) is 11.5. The van der Waals surface area contributed by atoms with Gasteiger partial charge in [-0.15, -0.1) is 0 Å². The summed E-state index contributed by atoms with van der Waals surface area (Å²) in [5.41, 5.74) is 2.68. The predicted octanol–water partition coefficient (Wildman–Crippen LogP) is 4.69. The molecule has 0 fully saturated rings. The number of benzene rings is 2. The van der Waals surface area contributed by atoms with Crippen LogP contribution in [0.3, 0.4) is 0 Å². The molecule has 2 aromatic heterocycles. The van der Waals surface area contributed by atoms with E-state index in [-0.39, 0.29) is 17.4 Å². The maximum absolute atomic E-state index is 13.6. The molecule has 0 aliphatic rings. The van der Waals surface area contributed by atoms with Crippen molar-refractivity contribution in [2.45, 2.75) is 19.9 Å². The smallest absolute Gasteiger partial charge is 0.277 e. The fourth-order valence-corrected chi connectivity index (χ4v) is 3.49. The van der Waals surface area contributed by atoms with Gasteiger partial charge < -0.3 is 4.57 Å². The molecular weight excluding hydrogens is 341 g/mol. The van der Waals surface area contributed by atoms with Crippen molar-refractivity contribution in [1.29, 1.82) is 0 Å². The minimum absolute atomic E-state index is 0.0878. The molecule has 0 aliphatic carbocycles. The van der Waals surface area contributed by atoms with Crippen molar-refractivity contribution in [2.75, 3.05) is 0 Å². The summed E-state index contributed by atoms with van der Waals surface area (Å²) in [4.78, 5) is 17.6. The molecule has 2 heterocycles. The largest absolute Gasteiger partial charge is 0.301 e. The quantitative estimate of drug-likeness (QED) is 0.523. The van der Waals surface area contributed by atoms with Crippen molar-refractivity contribution in [3.8, 4) is 11.3 Å². The number of hydrogen-bond acceptors (Lipinski definition) is 2. The molecule has 0 saturated heterocycles. The Morgan fingerprint density at radius 1 is 1.12 bits per heavy atom. The zero-order valence-electron chi connectivity index (χ0n) is 13.7. The molecule has 4 nitrogen and oxygen atoms in total. The minimum atomic E-state index is -0.369. The first-order valence-corrected chi connectivity index (χ1v) is 8.32. The second-order valence-corrected chi connectivity index (χ2v) is 6.61. The Balaban J connectivity index is 2.22. The fourth-order valence-electron chi connectivity index (χ4n) is 3.23. The lowest BCUT2D eigenvalue weighted by molar-refractivity contribution is 0.601. The number of halogens is 2. The van der Waals surface area contributed by atoms with Crippen molar-refractivity contribution < 1.29 is 4.39 Å². The lowest BCUT2D eigenvalue weighted by Crippen LogP contribution is -2.24. The third-order valence-electron chi connectivity index (χ3n) is 4.27. The van der Waals surface area contributed by atoms with Gasteiger partial charge in [-0.3, -0.25) is 9.20 Å². The highest BCUT2D eigenvalue weighted by Gasteiger charge is 2.19. The van der Waals surface area contributed by atoms with E-state index >= 15 is 0 Å². The van der Waals surface area contributed by atoms with Gasteiger partial charge in [-0.2, -0.15) is 0 Å². The molecular formula is C19H15ClFN3O. The van der Waals surface area contributed by atoms with Crippen molar-refractivity contribution >= 4 is 28.2 Å². The molecule has 0 amide bonds. The van der Waals surface area contributed by atoms with Crippen LogP contribution in [0.5, 0.6) is 0 Å². The van der Waals surface area contributed by atoms with Gasteiger partial charge in [0.25, 0.3) is 5.56 Å². The molecule has 0 atom stereocenters. The molecule has 0 N–H and O–H groups in total. The van der Waals surface area contributed by atoms with E-state index in [1.165, 1.54) is 12.1 Å². The highest BCUT2D eigenvalue weighted by molar-refractivity contribution is 6.35. The van der Waals surface area contributed by atoms with Crippen LogP contribution in [0.15, 0.2) is 53.6 Å². The van der Waals surface area contributed by atoms with E-state index in [2.05, 4.69) is 4.98 Å². The van der Waals surface area contributed by atoms with Crippen molar-refractivity contribution in [3.63, 3.8) is 0 Å². The van der Waals surface area contributed by atoms with Crippen LogP contribution in [0.1, 0.15) is 19.9 Å². The number of hydrogen-bond donors (Lipinski definition) is 0. The topological polar surface area (TPSA) is 39.3 Å². The molecule has 4 rings (SSSR count). The molecule has 126 valence electrons. The SMILES string of the molecule is CC(C)n1c(=O)c2c(-c3cccc(F)c3)ncn2c2cccc(Cl)c21. The highest BCUT2D eigenvalue weighted by atomic mass is 35.5. The maximum atomic E-state index is 13.6. The summed E-state index contributed by atoms with van der Waals surface area (Å²) in [6.07, 6.45) is 1.58. The molecule has 25 heavy (non-hydrogen) atoms. The van der Waals surface area contributed by atoms with E-state index in [1.807, 2.05) is 26.0 Å². The minimum Gasteiger partial charge on any atom is -0.301 e. The van der Waals surface area contributed by atoms with Gasteiger partial charge in [-0.1, -0.05) is 29.8 Å². The Labute approximate surface area is 148 Å². The number of fused-ring (bicyclic) bond motifs is 3. The average Bonchev–Trinajstić information content (AvgIpc) is 3.01. The molecule has 0 bridgehead atoms. The molecule has 6 heteroatoms. The lowest BCUT2D eigenvalue weighted by atomic mass is 10.1. The first-order valence-electron chi connectivity index (χ1n) is 7.94. The first-order chi connectivity index (χ1) is 12.0. The van der Waals surface area contributed by atoms with Gasteiger partial charge in [0.2, 0.25) is 0 Å². The van der Waals surface area contributed by atoms with Gasteiger partial charge in [0, 0.05) is 11.6 Å². The Kier molecular flexibility index (Phi) is 3.62. The molecule has 4 aromatic rings. The van der Waals surface area contributed by atoms with E-state index in [0.29, 0.717) is 27.3 Å². The van der Waals surface area contributed by atoms with Crippen LogP contribution in [0.4, 0.5) is 4.39 Å².